The molecule has 0 aliphatic carbocycles. The van der Waals surface area contributed by atoms with Gasteiger partial charge in [-0.05, 0) is 31.2 Å². The first-order valence-corrected chi connectivity index (χ1v) is 6.37. The van der Waals surface area contributed by atoms with Gasteiger partial charge in [0, 0.05) is 17.8 Å². The summed E-state index contributed by atoms with van der Waals surface area (Å²) in [4.78, 5) is 8.45. The fraction of sp³-hybridized carbons (Fsp3) is 0.143. The minimum Gasteiger partial charge on any atom is -0.506 e. The minimum atomic E-state index is 0.124. The fourth-order valence-corrected chi connectivity index (χ4v) is 2.37. The molecule has 0 amide bonds. The summed E-state index contributed by atoms with van der Waals surface area (Å²) in [5, 5.41) is 10.6. The van der Waals surface area contributed by atoms with E-state index in [0.717, 1.165) is 23.4 Å². The van der Waals surface area contributed by atoms with Crippen LogP contribution in [0, 0.1) is 0 Å². The molecule has 0 spiro atoms. The Hall–Kier alpha value is -2.07. The number of aromatic nitrogens is 3. The summed E-state index contributed by atoms with van der Waals surface area (Å²) in [7, 11) is 0. The molecule has 2 aromatic heterocycles. The number of halogens is 1. The van der Waals surface area contributed by atoms with Crippen LogP contribution in [-0.2, 0) is 6.54 Å². The molecule has 96 valence electrons. The van der Waals surface area contributed by atoms with Crippen LogP contribution >= 0.6 is 11.6 Å². The van der Waals surface area contributed by atoms with Crippen LogP contribution in [0.3, 0.4) is 0 Å². The van der Waals surface area contributed by atoms with Crippen LogP contribution in [0.5, 0.6) is 5.75 Å². The third-order valence-electron chi connectivity index (χ3n) is 3.07. The van der Waals surface area contributed by atoms with E-state index in [4.69, 9.17) is 11.6 Å². The predicted octanol–water partition coefficient (Wildman–Crippen LogP) is 3.48. The van der Waals surface area contributed by atoms with Crippen molar-refractivity contribution in [3.05, 3.63) is 41.7 Å². The molecule has 0 radical (unpaired) electrons. The van der Waals surface area contributed by atoms with E-state index in [0.29, 0.717) is 10.6 Å². The van der Waals surface area contributed by atoms with Crippen molar-refractivity contribution in [2.45, 2.75) is 13.5 Å². The smallest absolute Gasteiger partial charge is 0.144 e. The summed E-state index contributed by atoms with van der Waals surface area (Å²) in [5.74, 6) is 0.846. The molecule has 3 rings (SSSR count). The van der Waals surface area contributed by atoms with E-state index < -0.39 is 0 Å². The molecule has 0 unspecified atom stereocenters. The molecule has 0 bridgehead atoms. The highest BCUT2D eigenvalue weighted by Crippen LogP contribution is 2.31. The summed E-state index contributed by atoms with van der Waals surface area (Å²) >= 11 is 5.99. The number of nitrogens with zero attached hydrogens (tertiary/aromatic N) is 3. The second-order valence-electron chi connectivity index (χ2n) is 4.21. The maximum atomic E-state index is 9.92. The standard InChI is InChI=1S/C14H12ClN3O/c1-2-18-12-4-3-9(15)7-11(12)17-14(18)10-5-6-16-8-13(10)19/h3-8,19H,2H2,1H3. The van der Waals surface area contributed by atoms with E-state index in [9.17, 15) is 5.11 Å². The van der Waals surface area contributed by atoms with E-state index in [1.807, 2.05) is 29.7 Å². The first kappa shape index (κ1) is 12.0. The van der Waals surface area contributed by atoms with Gasteiger partial charge in [-0.3, -0.25) is 4.98 Å². The summed E-state index contributed by atoms with van der Waals surface area (Å²) in [5.41, 5.74) is 2.49. The van der Waals surface area contributed by atoms with Crippen LogP contribution in [0.15, 0.2) is 36.7 Å². The van der Waals surface area contributed by atoms with E-state index in [1.54, 1.807) is 12.3 Å². The lowest BCUT2D eigenvalue weighted by atomic mass is 10.2. The number of pyridine rings is 1. The zero-order valence-electron chi connectivity index (χ0n) is 10.3. The minimum absolute atomic E-state index is 0.124. The van der Waals surface area contributed by atoms with Crippen molar-refractivity contribution in [2.24, 2.45) is 0 Å². The molecule has 0 aliphatic rings. The Labute approximate surface area is 115 Å². The predicted molar refractivity (Wildman–Crippen MR) is 75.3 cm³/mol. The van der Waals surface area contributed by atoms with Gasteiger partial charge in [-0.2, -0.15) is 0 Å². The van der Waals surface area contributed by atoms with Crippen LogP contribution in [0.4, 0.5) is 0 Å². The van der Waals surface area contributed by atoms with Crippen LogP contribution in [0.1, 0.15) is 6.92 Å². The Balaban J connectivity index is 2.32. The van der Waals surface area contributed by atoms with Gasteiger partial charge >= 0.3 is 0 Å². The average Bonchev–Trinajstić information content (AvgIpc) is 2.76. The van der Waals surface area contributed by atoms with Gasteiger partial charge in [0.05, 0.1) is 22.8 Å². The molecule has 5 heteroatoms. The maximum absolute atomic E-state index is 9.92. The lowest BCUT2D eigenvalue weighted by Crippen LogP contribution is -1.97. The first-order valence-electron chi connectivity index (χ1n) is 6.00. The van der Waals surface area contributed by atoms with E-state index in [-0.39, 0.29) is 5.75 Å². The van der Waals surface area contributed by atoms with Crippen molar-refractivity contribution < 1.29 is 5.11 Å². The molecule has 0 fully saturated rings. The van der Waals surface area contributed by atoms with Crippen molar-refractivity contribution in [3.8, 4) is 17.1 Å². The van der Waals surface area contributed by atoms with Crippen LogP contribution in [0.2, 0.25) is 5.02 Å². The van der Waals surface area contributed by atoms with Crippen molar-refractivity contribution in [3.63, 3.8) is 0 Å². The van der Waals surface area contributed by atoms with Gasteiger partial charge in [-0.15, -0.1) is 0 Å². The monoisotopic (exact) mass is 273 g/mol. The van der Waals surface area contributed by atoms with Crippen molar-refractivity contribution in [1.82, 2.24) is 14.5 Å². The zero-order valence-corrected chi connectivity index (χ0v) is 11.1. The summed E-state index contributed by atoms with van der Waals surface area (Å²) < 4.78 is 2.04. The molecule has 0 atom stereocenters. The second-order valence-corrected chi connectivity index (χ2v) is 4.64. The number of imidazole rings is 1. The molecule has 0 saturated carbocycles. The number of hydrogen-bond donors (Lipinski definition) is 1. The summed E-state index contributed by atoms with van der Waals surface area (Å²) in [6.45, 7) is 2.80. The quantitative estimate of drug-likeness (QED) is 0.778. The SMILES string of the molecule is CCn1c(-c2ccncc2O)nc2cc(Cl)ccc21. The van der Waals surface area contributed by atoms with E-state index >= 15 is 0 Å². The lowest BCUT2D eigenvalue weighted by molar-refractivity contribution is 0.474. The van der Waals surface area contributed by atoms with E-state index in [1.165, 1.54) is 6.20 Å². The number of aromatic hydroxyl groups is 1. The van der Waals surface area contributed by atoms with Crippen molar-refractivity contribution in [1.29, 1.82) is 0 Å². The van der Waals surface area contributed by atoms with Crippen LogP contribution < -0.4 is 0 Å². The fourth-order valence-electron chi connectivity index (χ4n) is 2.20. The molecule has 19 heavy (non-hydrogen) atoms. The van der Waals surface area contributed by atoms with Gasteiger partial charge in [0.15, 0.2) is 0 Å². The molecule has 0 aliphatic heterocycles. The molecular weight excluding hydrogens is 262 g/mol. The Bertz CT molecular complexity index is 752. The maximum Gasteiger partial charge on any atom is 0.144 e. The normalized spacial score (nSPS) is 11.1. The Morgan fingerprint density at radius 2 is 2.16 bits per heavy atom. The largest absolute Gasteiger partial charge is 0.506 e. The zero-order chi connectivity index (χ0) is 13.4. The van der Waals surface area contributed by atoms with Crippen LogP contribution in [0.25, 0.3) is 22.4 Å². The molecule has 1 N–H and O–H groups in total. The van der Waals surface area contributed by atoms with Crippen molar-refractivity contribution >= 4 is 22.6 Å². The number of benzene rings is 1. The molecule has 0 saturated heterocycles. The van der Waals surface area contributed by atoms with Gasteiger partial charge < -0.3 is 9.67 Å². The van der Waals surface area contributed by atoms with Crippen LogP contribution in [-0.4, -0.2) is 19.6 Å². The van der Waals surface area contributed by atoms with Gasteiger partial charge in [-0.25, -0.2) is 4.98 Å². The molecule has 4 nitrogen and oxygen atoms in total. The van der Waals surface area contributed by atoms with Gasteiger partial charge in [-0.1, -0.05) is 11.6 Å². The average molecular weight is 274 g/mol. The second kappa shape index (κ2) is 4.55. The number of fused-ring (bicyclic) bond motifs is 1. The molecule has 3 aromatic rings. The highest BCUT2D eigenvalue weighted by molar-refractivity contribution is 6.31. The van der Waals surface area contributed by atoms with Crippen molar-refractivity contribution in [2.75, 3.05) is 0 Å². The summed E-state index contributed by atoms with van der Waals surface area (Å²) in [6.07, 6.45) is 3.06. The third-order valence-corrected chi connectivity index (χ3v) is 3.30. The number of rotatable bonds is 2. The first-order chi connectivity index (χ1) is 9.20. The summed E-state index contributed by atoms with van der Waals surface area (Å²) in [6, 6.07) is 7.36. The Morgan fingerprint density at radius 1 is 1.32 bits per heavy atom. The molecule has 2 heterocycles. The molecular formula is C14H12ClN3O. The molecule has 1 aromatic carbocycles. The van der Waals surface area contributed by atoms with Gasteiger partial charge in [0.2, 0.25) is 0 Å². The van der Waals surface area contributed by atoms with E-state index in [2.05, 4.69) is 9.97 Å². The Kier molecular flexibility index (Phi) is 2.87. The Morgan fingerprint density at radius 3 is 2.89 bits per heavy atom. The highest BCUT2D eigenvalue weighted by atomic mass is 35.5. The third kappa shape index (κ3) is 1.94. The van der Waals surface area contributed by atoms with Gasteiger partial charge in [0.1, 0.15) is 11.6 Å². The van der Waals surface area contributed by atoms with Gasteiger partial charge in [0.25, 0.3) is 0 Å². The number of hydrogen-bond acceptors (Lipinski definition) is 3. The topological polar surface area (TPSA) is 50.9 Å². The lowest BCUT2D eigenvalue weighted by Gasteiger charge is -2.07. The number of aryl methyl sites for hydroxylation is 1. The highest BCUT2D eigenvalue weighted by Gasteiger charge is 2.14.